The van der Waals surface area contributed by atoms with Crippen LogP contribution < -0.4 is 5.32 Å². The van der Waals surface area contributed by atoms with Crippen LogP contribution in [0.15, 0.2) is 0 Å². The van der Waals surface area contributed by atoms with Gasteiger partial charge in [-0.25, -0.2) is 4.79 Å². The van der Waals surface area contributed by atoms with Gasteiger partial charge in [-0.3, -0.25) is 0 Å². The Hall–Kier alpha value is -0.810. The largest absolute Gasteiger partial charge is 0.377 e. The summed E-state index contributed by atoms with van der Waals surface area (Å²) in [6.07, 6.45) is 9.30. The Kier molecular flexibility index (Phi) is 5.51. The Balaban J connectivity index is 1.23. The molecule has 5 heteroatoms. The molecule has 4 rings (SSSR count). The highest BCUT2D eigenvalue weighted by molar-refractivity contribution is 5.75. The van der Waals surface area contributed by atoms with Gasteiger partial charge in [0, 0.05) is 45.4 Å². The molecule has 0 bridgehead atoms. The van der Waals surface area contributed by atoms with Crippen molar-refractivity contribution in [3.05, 3.63) is 0 Å². The lowest BCUT2D eigenvalue weighted by Gasteiger charge is -2.38. The lowest BCUT2D eigenvalue weighted by molar-refractivity contribution is 0.0517. The van der Waals surface area contributed by atoms with Crippen LogP contribution in [0.25, 0.3) is 0 Å². The zero-order valence-electron chi connectivity index (χ0n) is 15.8. The van der Waals surface area contributed by atoms with Gasteiger partial charge in [0.15, 0.2) is 0 Å². The molecule has 0 radical (unpaired) electrons. The fourth-order valence-corrected chi connectivity index (χ4v) is 5.51. The van der Waals surface area contributed by atoms with E-state index >= 15 is 0 Å². The van der Waals surface area contributed by atoms with Crippen molar-refractivity contribution in [1.82, 2.24) is 15.1 Å². The van der Waals surface area contributed by atoms with E-state index in [1.165, 1.54) is 38.5 Å². The van der Waals surface area contributed by atoms with Gasteiger partial charge in [0.2, 0.25) is 0 Å². The highest BCUT2D eigenvalue weighted by Gasteiger charge is 2.37. The molecular formula is C20H35N3O2. The van der Waals surface area contributed by atoms with Crippen LogP contribution >= 0.6 is 0 Å². The van der Waals surface area contributed by atoms with Crippen molar-refractivity contribution in [3.8, 4) is 0 Å². The fraction of sp³-hybridized carbons (Fsp3) is 0.950. The number of nitrogens with zero attached hydrogens (tertiary/aromatic N) is 2. The Morgan fingerprint density at radius 1 is 1.04 bits per heavy atom. The van der Waals surface area contributed by atoms with Gasteiger partial charge in [0.25, 0.3) is 0 Å². The number of hydrogen-bond acceptors (Lipinski definition) is 3. The number of piperidine rings is 1. The molecule has 5 atom stereocenters. The second kappa shape index (κ2) is 7.83. The van der Waals surface area contributed by atoms with Crippen molar-refractivity contribution in [2.75, 3.05) is 39.3 Å². The van der Waals surface area contributed by atoms with E-state index < -0.39 is 0 Å². The average molecular weight is 350 g/mol. The molecule has 0 aromatic heterocycles. The minimum absolute atomic E-state index is 0.193. The van der Waals surface area contributed by atoms with E-state index in [0.717, 1.165) is 57.6 Å². The molecule has 3 aliphatic heterocycles. The molecule has 4 aliphatic rings. The molecule has 142 valence electrons. The van der Waals surface area contributed by atoms with E-state index in [-0.39, 0.29) is 6.03 Å². The minimum Gasteiger partial charge on any atom is -0.377 e. The number of ether oxygens (including phenoxy) is 1. The quantitative estimate of drug-likeness (QED) is 0.852. The maximum absolute atomic E-state index is 12.7. The van der Waals surface area contributed by atoms with Gasteiger partial charge in [0.1, 0.15) is 0 Å². The highest BCUT2D eigenvalue weighted by Crippen LogP contribution is 2.36. The van der Waals surface area contributed by atoms with Crippen molar-refractivity contribution < 1.29 is 9.53 Å². The van der Waals surface area contributed by atoms with Crippen molar-refractivity contribution >= 4 is 6.03 Å². The molecule has 5 nitrogen and oxygen atoms in total. The number of hydrogen-bond donors (Lipinski definition) is 1. The van der Waals surface area contributed by atoms with Crippen LogP contribution in [0.4, 0.5) is 4.79 Å². The standard InChI is InChI=1S/C20H35N3O2/c1-15-11-22(14-18-7-4-10-25-18)9-8-19(15)21-20(24)23-12-16-5-2-3-6-17(16)13-23/h15-19H,2-14H2,1H3,(H,21,24). The fourth-order valence-electron chi connectivity index (χ4n) is 5.51. The molecule has 0 aromatic rings. The molecule has 4 fully saturated rings. The van der Waals surface area contributed by atoms with Crippen LogP contribution in [0.1, 0.15) is 51.9 Å². The third kappa shape index (κ3) is 4.13. The van der Waals surface area contributed by atoms with Crippen molar-refractivity contribution in [1.29, 1.82) is 0 Å². The lowest BCUT2D eigenvalue weighted by atomic mass is 9.82. The predicted molar refractivity (Wildman–Crippen MR) is 98.5 cm³/mol. The van der Waals surface area contributed by atoms with Gasteiger partial charge in [-0.05, 0) is 49.9 Å². The second-order valence-electron chi connectivity index (χ2n) is 8.93. The molecule has 1 saturated carbocycles. The van der Waals surface area contributed by atoms with Crippen LogP contribution in [0.5, 0.6) is 0 Å². The second-order valence-corrected chi connectivity index (χ2v) is 8.93. The van der Waals surface area contributed by atoms with E-state index in [4.69, 9.17) is 4.74 Å². The number of carbonyl (C=O) groups excluding carboxylic acids is 1. The summed E-state index contributed by atoms with van der Waals surface area (Å²) in [5.74, 6) is 2.05. The molecule has 3 heterocycles. The van der Waals surface area contributed by atoms with E-state index in [0.29, 0.717) is 18.1 Å². The van der Waals surface area contributed by atoms with Gasteiger partial charge in [-0.15, -0.1) is 0 Å². The van der Waals surface area contributed by atoms with Crippen LogP contribution in [-0.4, -0.2) is 67.3 Å². The Labute approximate surface area is 152 Å². The minimum atomic E-state index is 0.193. The van der Waals surface area contributed by atoms with E-state index in [2.05, 4.69) is 22.0 Å². The topological polar surface area (TPSA) is 44.8 Å². The predicted octanol–water partition coefficient (Wildman–Crippen LogP) is 2.71. The molecule has 0 spiro atoms. The molecule has 25 heavy (non-hydrogen) atoms. The maximum atomic E-state index is 12.7. The summed E-state index contributed by atoms with van der Waals surface area (Å²) in [5.41, 5.74) is 0. The van der Waals surface area contributed by atoms with Crippen molar-refractivity contribution in [3.63, 3.8) is 0 Å². The van der Waals surface area contributed by atoms with Crippen molar-refractivity contribution in [2.24, 2.45) is 17.8 Å². The number of fused-ring (bicyclic) bond motifs is 1. The van der Waals surface area contributed by atoms with Gasteiger partial charge < -0.3 is 19.9 Å². The lowest BCUT2D eigenvalue weighted by Crippen LogP contribution is -2.53. The van der Waals surface area contributed by atoms with E-state index in [1.54, 1.807) is 0 Å². The molecular weight excluding hydrogens is 314 g/mol. The number of amides is 2. The summed E-state index contributed by atoms with van der Waals surface area (Å²) in [5, 5.41) is 3.36. The number of carbonyl (C=O) groups is 1. The first-order valence-corrected chi connectivity index (χ1v) is 10.6. The average Bonchev–Trinajstić information content (AvgIpc) is 3.26. The first-order chi connectivity index (χ1) is 12.2. The van der Waals surface area contributed by atoms with E-state index in [1.807, 2.05) is 0 Å². The normalized spacial score (nSPS) is 39.4. The van der Waals surface area contributed by atoms with Gasteiger partial charge in [0.05, 0.1) is 6.10 Å². The smallest absolute Gasteiger partial charge is 0.317 e. The first-order valence-electron chi connectivity index (χ1n) is 10.6. The summed E-state index contributed by atoms with van der Waals surface area (Å²) < 4.78 is 5.78. The first kappa shape index (κ1) is 17.6. The Bertz CT molecular complexity index is 452. The molecule has 5 unspecified atom stereocenters. The van der Waals surface area contributed by atoms with Crippen LogP contribution in [0, 0.1) is 17.8 Å². The Morgan fingerprint density at radius 3 is 2.44 bits per heavy atom. The zero-order valence-corrected chi connectivity index (χ0v) is 15.8. The van der Waals surface area contributed by atoms with Crippen LogP contribution in [-0.2, 0) is 4.74 Å². The van der Waals surface area contributed by atoms with Gasteiger partial charge in [-0.1, -0.05) is 19.8 Å². The monoisotopic (exact) mass is 349 g/mol. The zero-order chi connectivity index (χ0) is 17.2. The summed E-state index contributed by atoms with van der Waals surface area (Å²) in [4.78, 5) is 17.4. The van der Waals surface area contributed by atoms with Gasteiger partial charge in [-0.2, -0.15) is 0 Å². The van der Waals surface area contributed by atoms with Crippen LogP contribution in [0.2, 0.25) is 0 Å². The third-order valence-electron chi connectivity index (χ3n) is 7.05. The number of rotatable bonds is 3. The molecule has 0 aromatic carbocycles. The molecule has 1 aliphatic carbocycles. The van der Waals surface area contributed by atoms with Crippen molar-refractivity contribution in [2.45, 2.75) is 64.0 Å². The number of nitrogens with one attached hydrogen (secondary N) is 1. The summed E-state index contributed by atoms with van der Waals surface area (Å²) in [6, 6.07) is 0.523. The SMILES string of the molecule is CC1CN(CC2CCCO2)CCC1NC(=O)N1CC2CCCCC2C1. The number of likely N-dealkylation sites (tertiary alicyclic amines) is 2. The van der Waals surface area contributed by atoms with Gasteiger partial charge >= 0.3 is 6.03 Å². The molecule has 2 amide bonds. The molecule has 3 saturated heterocycles. The highest BCUT2D eigenvalue weighted by atomic mass is 16.5. The Morgan fingerprint density at radius 2 is 1.80 bits per heavy atom. The van der Waals surface area contributed by atoms with E-state index in [9.17, 15) is 4.79 Å². The summed E-state index contributed by atoms with van der Waals surface area (Å²) >= 11 is 0. The third-order valence-corrected chi connectivity index (χ3v) is 7.05. The maximum Gasteiger partial charge on any atom is 0.317 e. The molecule has 1 N–H and O–H groups in total. The summed E-state index contributed by atoms with van der Waals surface area (Å²) in [7, 11) is 0. The van der Waals surface area contributed by atoms with Crippen LogP contribution in [0.3, 0.4) is 0 Å². The number of urea groups is 1. The summed E-state index contributed by atoms with van der Waals surface area (Å²) in [6.45, 7) is 8.43.